The molecule has 198 valence electrons. The normalized spacial score (nSPS) is 21.4. The molecule has 2 aromatic carbocycles. The first-order valence-corrected chi connectivity index (χ1v) is 13.9. The van der Waals surface area contributed by atoms with Crippen molar-refractivity contribution in [2.75, 3.05) is 6.54 Å². The molecule has 2 aromatic rings. The average molecular weight is 494 g/mol. The lowest BCUT2D eigenvalue weighted by Gasteiger charge is -2.36. The lowest BCUT2D eigenvalue weighted by atomic mass is 9.75. The standard InChI is InChI=1S/C32H47NO3/c1-21(2)27-15-13-24(7)19-31(27)36-32(35)26-14-16-30(34)29(20-26)28(25-11-9-8-10-12-25)17-18-33(22(3)4)23(5)6/h8-12,14,16,20-24,27-28,31,34H,13,15,17-19H2,1-7H3/t24-,27+,28+,31-/m0/s1. The lowest BCUT2D eigenvalue weighted by Crippen LogP contribution is -2.38. The van der Waals surface area contributed by atoms with E-state index in [2.05, 4.69) is 65.5 Å². The molecule has 4 atom stereocenters. The fraction of sp³-hybridized carbons (Fsp3) is 0.594. The van der Waals surface area contributed by atoms with Gasteiger partial charge in [0.15, 0.2) is 0 Å². The number of aromatic hydroxyl groups is 1. The van der Waals surface area contributed by atoms with Crippen LogP contribution in [0.4, 0.5) is 0 Å². The van der Waals surface area contributed by atoms with E-state index in [0.29, 0.717) is 35.4 Å². The first-order valence-electron chi connectivity index (χ1n) is 13.9. The van der Waals surface area contributed by atoms with E-state index in [9.17, 15) is 9.90 Å². The highest BCUT2D eigenvalue weighted by Gasteiger charge is 2.34. The molecule has 1 aliphatic rings. The third-order valence-corrected chi connectivity index (χ3v) is 8.06. The Morgan fingerprint density at radius 1 is 1.00 bits per heavy atom. The maximum atomic E-state index is 13.3. The van der Waals surface area contributed by atoms with Gasteiger partial charge in [0.1, 0.15) is 11.9 Å². The summed E-state index contributed by atoms with van der Waals surface area (Å²) in [5.74, 6) is 1.39. The van der Waals surface area contributed by atoms with Gasteiger partial charge in [-0.25, -0.2) is 4.79 Å². The number of carbonyl (C=O) groups excluding carboxylic acids is 1. The fourth-order valence-electron chi connectivity index (χ4n) is 5.99. The molecular weight excluding hydrogens is 446 g/mol. The Morgan fingerprint density at radius 2 is 1.67 bits per heavy atom. The highest BCUT2D eigenvalue weighted by atomic mass is 16.5. The third-order valence-electron chi connectivity index (χ3n) is 8.06. The first-order chi connectivity index (χ1) is 17.1. The van der Waals surface area contributed by atoms with Gasteiger partial charge < -0.3 is 9.84 Å². The molecule has 0 aliphatic heterocycles. The molecule has 1 aliphatic carbocycles. The second-order valence-electron chi connectivity index (χ2n) is 11.7. The summed E-state index contributed by atoms with van der Waals surface area (Å²) in [5, 5.41) is 10.9. The lowest BCUT2D eigenvalue weighted by molar-refractivity contribution is -0.0174. The predicted molar refractivity (Wildman–Crippen MR) is 149 cm³/mol. The van der Waals surface area contributed by atoms with Crippen molar-refractivity contribution in [1.82, 2.24) is 4.90 Å². The van der Waals surface area contributed by atoms with Crippen LogP contribution in [0.1, 0.15) is 102 Å². The minimum absolute atomic E-state index is 0.0166. The summed E-state index contributed by atoms with van der Waals surface area (Å²) in [6.45, 7) is 16.5. The van der Waals surface area contributed by atoms with Crippen LogP contribution in [0.2, 0.25) is 0 Å². The monoisotopic (exact) mass is 493 g/mol. The number of ether oxygens (including phenoxy) is 1. The second-order valence-corrected chi connectivity index (χ2v) is 11.7. The first kappa shape index (κ1) is 28.2. The molecule has 1 N–H and O–H groups in total. The second kappa shape index (κ2) is 12.8. The summed E-state index contributed by atoms with van der Waals surface area (Å²) in [4.78, 5) is 15.8. The van der Waals surface area contributed by atoms with Crippen molar-refractivity contribution >= 4 is 5.97 Å². The van der Waals surface area contributed by atoms with Gasteiger partial charge in [-0.05, 0) is 95.0 Å². The molecule has 4 nitrogen and oxygen atoms in total. The molecule has 1 saturated carbocycles. The predicted octanol–water partition coefficient (Wildman–Crippen LogP) is 7.65. The zero-order chi connectivity index (χ0) is 26.4. The molecule has 0 heterocycles. The quantitative estimate of drug-likeness (QED) is 0.345. The minimum atomic E-state index is -0.279. The molecule has 0 unspecified atom stereocenters. The molecule has 0 amide bonds. The van der Waals surface area contributed by atoms with E-state index < -0.39 is 0 Å². The van der Waals surface area contributed by atoms with Crippen LogP contribution in [0.15, 0.2) is 48.5 Å². The molecule has 4 heteroatoms. The zero-order valence-electron chi connectivity index (χ0n) is 23.4. The van der Waals surface area contributed by atoms with Crippen LogP contribution >= 0.6 is 0 Å². The SMILES string of the molecule is CC(C)[C@H]1CC[C@H](C)C[C@@H]1OC(=O)c1ccc(O)c([C@H](CCN(C(C)C)C(C)C)c2ccccc2)c1. The van der Waals surface area contributed by atoms with Crippen molar-refractivity contribution < 1.29 is 14.6 Å². The number of carbonyl (C=O) groups is 1. The van der Waals surface area contributed by atoms with Crippen molar-refractivity contribution in [3.8, 4) is 5.75 Å². The summed E-state index contributed by atoms with van der Waals surface area (Å²) < 4.78 is 6.13. The summed E-state index contributed by atoms with van der Waals surface area (Å²) in [7, 11) is 0. The largest absolute Gasteiger partial charge is 0.508 e. The maximum Gasteiger partial charge on any atom is 0.338 e. The molecule has 1 fully saturated rings. The van der Waals surface area contributed by atoms with Gasteiger partial charge in [-0.3, -0.25) is 4.90 Å². The van der Waals surface area contributed by atoms with Gasteiger partial charge in [-0.1, -0.05) is 57.5 Å². The Morgan fingerprint density at radius 3 is 2.28 bits per heavy atom. The number of nitrogens with zero attached hydrogens (tertiary/aromatic N) is 1. The van der Waals surface area contributed by atoms with Gasteiger partial charge in [0.05, 0.1) is 5.56 Å². The molecule has 36 heavy (non-hydrogen) atoms. The van der Waals surface area contributed by atoms with E-state index in [4.69, 9.17) is 4.74 Å². The molecule has 0 radical (unpaired) electrons. The van der Waals surface area contributed by atoms with Crippen LogP contribution in [0.3, 0.4) is 0 Å². The van der Waals surface area contributed by atoms with Gasteiger partial charge in [0.2, 0.25) is 0 Å². The van der Waals surface area contributed by atoms with Gasteiger partial charge in [-0.15, -0.1) is 0 Å². The number of benzene rings is 2. The van der Waals surface area contributed by atoms with Crippen molar-refractivity contribution in [2.24, 2.45) is 17.8 Å². The molecule has 0 spiro atoms. The van der Waals surface area contributed by atoms with Crippen LogP contribution in [-0.2, 0) is 4.74 Å². The molecule has 0 aromatic heterocycles. The third kappa shape index (κ3) is 7.12. The number of hydrogen-bond donors (Lipinski definition) is 1. The maximum absolute atomic E-state index is 13.3. The number of rotatable bonds is 10. The summed E-state index contributed by atoms with van der Waals surface area (Å²) in [6.07, 6.45) is 4.03. The zero-order valence-corrected chi connectivity index (χ0v) is 23.4. The smallest absolute Gasteiger partial charge is 0.338 e. The van der Waals surface area contributed by atoms with E-state index in [-0.39, 0.29) is 23.7 Å². The van der Waals surface area contributed by atoms with E-state index in [1.807, 2.05) is 24.3 Å². The molecule has 0 saturated heterocycles. The number of esters is 1. The van der Waals surface area contributed by atoms with Crippen LogP contribution in [0, 0.1) is 17.8 Å². The van der Waals surface area contributed by atoms with Gasteiger partial charge in [0.25, 0.3) is 0 Å². The number of phenols is 1. The van der Waals surface area contributed by atoms with Crippen LogP contribution in [0.5, 0.6) is 5.75 Å². The van der Waals surface area contributed by atoms with Crippen molar-refractivity contribution in [2.45, 2.75) is 98.3 Å². The van der Waals surface area contributed by atoms with E-state index in [1.54, 1.807) is 12.1 Å². The van der Waals surface area contributed by atoms with Crippen molar-refractivity contribution in [3.63, 3.8) is 0 Å². The molecule has 0 bridgehead atoms. The van der Waals surface area contributed by atoms with E-state index in [1.165, 1.54) is 6.42 Å². The van der Waals surface area contributed by atoms with Crippen LogP contribution < -0.4 is 0 Å². The molecular formula is C32H47NO3. The Bertz CT molecular complexity index is 961. The van der Waals surface area contributed by atoms with Crippen molar-refractivity contribution in [1.29, 1.82) is 0 Å². The highest BCUT2D eigenvalue weighted by Crippen LogP contribution is 2.37. The molecule has 3 rings (SSSR count). The van der Waals surface area contributed by atoms with E-state index >= 15 is 0 Å². The van der Waals surface area contributed by atoms with Crippen LogP contribution in [-0.4, -0.2) is 40.7 Å². The van der Waals surface area contributed by atoms with Gasteiger partial charge >= 0.3 is 5.97 Å². The topological polar surface area (TPSA) is 49.8 Å². The summed E-state index contributed by atoms with van der Waals surface area (Å²) in [5.41, 5.74) is 2.46. The van der Waals surface area contributed by atoms with Gasteiger partial charge in [0, 0.05) is 23.6 Å². The summed E-state index contributed by atoms with van der Waals surface area (Å²) in [6, 6.07) is 16.4. The Kier molecular flexibility index (Phi) is 10.0. The highest BCUT2D eigenvalue weighted by molar-refractivity contribution is 5.90. The summed E-state index contributed by atoms with van der Waals surface area (Å²) >= 11 is 0. The Labute approximate surface area is 219 Å². The number of hydrogen-bond acceptors (Lipinski definition) is 4. The van der Waals surface area contributed by atoms with E-state index in [0.717, 1.165) is 36.9 Å². The fourth-order valence-corrected chi connectivity index (χ4v) is 5.99. The van der Waals surface area contributed by atoms with Gasteiger partial charge in [-0.2, -0.15) is 0 Å². The average Bonchev–Trinajstić information content (AvgIpc) is 2.82. The van der Waals surface area contributed by atoms with Crippen LogP contribution in [0.25, 0.3) is 0 Å². The van der Waals surface area contributed by atoms with Crippen molar-refractivity contribution in [3.05, 3.63) is 65.2 Å². The Hall–Kier alpha value is -2.33. The number of phenolic OH excluding ortho intramolecular Hbond substituents is 1. The minimum Gasteiger partial charge on any atom is -0.508 e. The Balaban J connectivity index is 1.88.